The summed E-state index contributed by atoms with van der Waals surface area (Å²) in [6, 6.07) is 0.0559. The van der Waals surface area contributed by atoms with Gasteiger partial charge in [-0.05, 0) is 16.7 Å². The molecule has 408 valence electrons. The molecule has 3 aliphatic rings. The number of amides is 3. The van der Waals surface area contributed by atoms with Gasteiger partial charge < -0.3 is 75.6 Å². The summed E-state index contributed by atoms with van der Waals surface area (Å²) in [5.41, 5.74) is -1.08. The third-order valence-corrected chi connectivity index (χ3v) is 13.0. The molecule has 3 saturated heterocycles. The summed E-state index contributed by atoms with van der Waals surface area (Å²) in [4.78, 5) is 152. The maximum Gasteiger partial charge on any atom is 0.351 e. The number of benzene rings is 1. The Kier molecular flexibility index (Phi) is 20.2. The van der Waals surface area contributed by atoms with E-state index in [0.29, 0.717) is 52.0 Å². The van der Waals surface area contributed by atoms with Crippen molar-refractivity contribution in [3.05, 3.63) is 66.7 Å². The lowest BCUT2D eigenvalue weighted by Crippen LogP contribution is -2.44. The molecule has 1 aromatic rings. The van der Waals surface area contributed by atoms with E-state index in [4.69, 9.17) is 28.4 Å². The summed E-state index contributed by atoms with van der Waals surface area (Å²) in [7, 11) is 0. The van der Waals surface area contributed by atoms with E-state index in [1.165, 1.54) is 59.7 Å². The number of carbonyl (C=O) groups excluding carboxylic acids is 9. The number of rotatable bonds is 24. The molecule has 0 spiro atoms. The first-order chi connectivity index (χ1) is 34.8. The van der Waals surface area contributed by atoms with Gasteiger partial charge in [-0.2, -0.15) is 0 Å². The van der Waals surface area contributed by atoms with E-state index in [0.717, 1.165) is 20.8 Å². The van der Waals surface area contributed by atoms with E-state index in [2.05, 4.69) is 31.9 Å². The SMILES string of the molecule is CC(=O)NC(CSC(NCc1cc(CNC(SCC(NC(C)=O)C(=O)O)=C2C(=O)OC(C)(C)OC2=O)cc(CNC(SCC(NC(C)=O)C(=O)O)=C2C(=O)OC(C)(C)OC2=O)c1)=C1C(=O)OC(C)(C)OC1=O)C(=O)O. The summed E-state index contributed by atoms with van der Waals surface area (Å²) in [5.74, 6) is -19.7. The molecule has 0 bridgehead atoms. The zero-order valence-electron chi connectivity index (χ0n) is 41.6. The Balaban J connectivity index is 1.86. The summed E-state index contributed by atoms with van der Waals surface area (Å²) < 4.78 is 31.8. The van der Waals surface area contributed by atoms with Crippen LogP contribution < -0.4 is 31.9 Å². The average Bonchev–Trinajstić information content (AvgIpc) is 3.24. The Hall–Kier alpha value is -7.47. The average molecular weight is 1110 g/mol. The first-order valence-electron chi connectivity index (χ1n) is 22.1. The topological polar surface area (TPSA) is 393 Å². The van der Waals surface area contributed by atoms with E-state index < -0.39 is 141 Å². The van der Waals surface area contributed by atoms with E-state index >= 15 is 0 Å². The fraction of sp³-hybridized carbons (Fsp3) is 0.467. The molecule has 3 aliphatic heterocycles. The Morgan fingerprint density at radius 1 is 0.427 bits per heavy atom. The Bertz CT molecular complexity index is 2300. The van der Waals surface area contributed by atoms with Crippen LogP contribution in [0.3, 0.4) is 0 Å². The van der Waals surface area contributed by atoms with Gasteiger partial charge in [-0.25, -0.2) is 43.2 Å². The number of carboxylic acid groups (broad SMARTS) is 3. The van der Waals surface area contributed by atoms with Crippen molar-refractivity contribution in [2.24, 2.45) is 0 Å². The first kappa shape index (κ1) is 60.1. The first-order valence-corrected chi connectivity index (χ1v) is 25.1. The molecular formula is C45H54N6O21S3. The number of hydrogen-bond acceptors (Lipinski definition) is 24. The molecular weight excluding hydrogens is 1060 g/mol. The van der Waals surface area contributed by atoms with E-state index in [1.54, 1.807) is 0 Å². The highest BCUT2D eigenvalue weighted by Crippen LogP contribution is 2.32. The third kappa shape index (κ3) is 17.9. The molecule has 27 nitrogen and oxygen atoms in total. The molecule has 0 saturated carbocycles. The summed E-state index contributed by atoms with van der Waals surface area (Å²) in [5, 5.41) is 44.3. The molecule has 3 atom stereocenters. The number of carboxylic acids is 3. The summed E-state index contributed by atoms with van der Waals surface area (Å²) in [6.45, 7) is 10.1. The number of carbonyl (C=O) groups is 12. The second-order valence-corrected chi connectivity index (χ2v) is 20.7. The van der Waals surface area contributed by atoms with Crippen molar-refractivity contribution in [2.45, 2.75) is 117 Å². The minimum Gasteiger partial charge on any atom is -0.480 e. The largest absolute Gasteiger partial charge is 0.480 e. The Labute approximate surface area is 439 Å². The van der Waals surface area contributed by atoms with Gasteiger partial charge >= 0.3 is 53.7 Å². The molecule has 4 rings (SSSR count). The van der Waals surface area contributed by atoms with Crippen molar-refractivity contribution >= 4 is 107 Å². The van der Waals surface area contributed by atoms with Gasteiger partial charge in [0.05, 0.1) is 15.1 Å². The third-order valence-electron chi connectivity index (χ3n) is 9.62. The lowest BCUT2D eigenvalue weighted by Gasteiger charge is -2.31. The van der Waals surface area contributed by atoms with Crippen LogP contribution in [-0.4, -0.2) is 140 Å². The van der Waals surface area contributed by atoms with Crippen molar-refractivity contribution in [3.63, 3.8) is 0 Å². The number of cyclic esters (lactones) is 6. The van der Waals surface area contributed by atoms with E-state index in [-0.39, 0.29) is 34.7 Å². The van der Waals surface area contributed by atoms with Crippen LogP contribution in [-0.2, 0) is 106 Å². The van der Waals surface area contributed by atoms with Crippen molar-refractivity contribution in [1.29, 1.82) is 0 Å². The number of nitrogens with one attached hydrogen (secondary N) is 6. The van der Waals surface area contributed by atoms with Crippen molar-refractivity contribution in [1.82, 2.24) is 31.9 Å². The zero-order valence-corrected chi connectivity index (χ0v) is 44.1. The number of thioether (sulfide) groups is 3. The van der Waals surface area contributed by atoms with Crippen molar-refractivity contribution in [2.75, 3.05) is 17.3 Å². The van der Waals surface area contributed by atoms with Crippen molar-refractivity contribution < 1.29 is 101 Å². The van der Waals surface area contributed by atoms with Gasteiger partial charge in [0.15, 0.2) is 16.7 Å². The minimum atomic E-state index is -1.69. The van der Waals surface area contributed by atoms with Crippen LogP contribution in [0.2, 0.25) is 0 Å². The van der Waals surface area contributed by atoms with Crippen LogP contribution in [0.1, 0.15) is 79.0 Å². The van der Waals surface area contributed by atoms with E-state index in [9.17, 15) is 72.9 Å². The molecule has 75 heavy (non-hydrogen) atoms. The second kappa shape index (κ2) is 25.2. The van der Waals surface area contributed by atoms with Crippen LogP contribution in [0, 0.1) is 0 Å². The van der Waals surface area contributed by atoms with Crippen molar-refractivity contribution in [3.8, 4) is 0 Å². The monoisotopic (exact) mass is 1110 g/mol. The maximum absolute atomic E-state index is 13.3. The molecule has 3 unspecified atom stereocenters. The highest BCUT2D eigenvalue weighted by atomic mass is 32.2. The molecule has 0 aromatic heterocycles. The smallest absolute Gasteiger partial charge is 0.351 e. The van der Waals surface area contributed by atoms with Crippen LogP contribution >= 0.6 is 35.3 Å². The van der Waals surface area contributed by atoms with Crippen LogP contribution in [0.25, 0.3) is 0 Å². The summed E-state index contributed by atoms with van der Waals surface area (Å²) in [6.07, 6.45) is 0. The fourth-order valence-corrected chi connectivity index (χ4v) is 9.74. The van der Waals surface area contributed by atoms with Gasteiger partial charge in [0.1, 0.15) is 18.1 Å². The highest BCUT2D eigenvalue weighted by molar-refractivity contribution is 8.03. The Morgan fingerprint density at radius 3 is 0.800 bits per heavy atom. The number of hydrogen-bond donors (Lipinski definition) is 9. The molecule has 0 aliphatic carbocycles. The van der Waals surface area contributed by atoms with Gasteiger partial charge in [0.2, 0.25) is 17.7 Å². The molecule has 1 aromatic carbocycles. The van der Waals surface area contributed by atoms with Crippen LogP contribution in [0.15, 0.2) is 50.0 Å². The highest BCUT2D eigenvalue weighted by Gasteiger charge is 2.44. The molecule has 0 radical (unpaired) electrons. The van der Waals surface area contributed by atoms with Gasteiger partial charge in [0, 0.05) is 99.2 Å². The molecule has 3 heterocycles. The standard InChI is InChI=1S/C45H54N6O21S3/c1-19(52)49-25(34(55)56)16-73-31(28-37(61)67-43(4,5)68-38(28)62)46-13-22-10-23(14-47-32(74-17-26(35(57)58)50-20(2)53)29-39(63)69-44(6,7)70-40(29)64)12-24(11-22)15-48-33(75-18-27(36(59)60)51-21(3)54)30-41(65)71-45(8,9)72-42(30)66/h10-12,25-27,46-48H,13-18H2,1-9H3,(H,49,52)(H,50,53)(H,51,54)(H,55,56)(H,57,58)(H,59,60). The maximum atomic E-state index is 13.3. The molecule has 30 heteroatoms. The normalized spacial score (nSPS) is 17.6. The lowest BCUT2D eigenvalue weighted by molar-refractivity contribution is -0.224. The molecule has 3 fully saturated rings. The van der Waals surface area contributed by atoms with Gasteiger partial charge in [-0.15, -0.1) is 35.3 Å². The summed E-state index contributed by atoms with van der Waals surface area (Å²) >= 11 is 1.94. The van der Waals surface area contributed by atoms with Crippen LogP contribution in [0.4, 0.5) is 0 Å². The number of aliphatic carboxylic acids is 3. The number of ether oxygens (including phenoxy) is 6. The van der Waals surface area contributed by atoms with Gasteiger partial charge in [-0.3, -0.25) is 14.4 Å². The lowest BCUT2D eigenvalue weighted by atomic mass is 10.0. The Morgan fingerprint density at radius 2 is 0.627 bits per heavy atom. The molecule has 3 amide bonds. The van der Waals surface area contributed by atoms with E-state index in [1.807, 2.05) is 0 Å². The van der Waals surface area contributed by atoms with Gasteiger partial charge in [-0.1, -0.05) is 18.2 Å². The molecule has 9 N–H and O–H groups in total. The predicted octanol–water partition coefficient (Wildman–Crippen LogP) is 0.0660. The minimum absolute atomic E-state index is 0.249. The zero-order chi connectivity index (χ0) is 56.3. The predicted molar refractivity (Wildman–Crippen MR) is 260 cm³/mol. The second-order valence-electron chi connectivity index (χ2n) is 17.6. The van der Waals surface area contributed by atoms with Gasteiger partial charge in [0.25, 0.3) is 17.4 Å². The van der Waals surface area contributed by atoms with Crippen LogP contribution in [0.5, 0.6) is 0 Å². The quantitative estimate of drug-likeness (QED) is 0.0286. The number of esters is 6. The fourth-order valence-electron chi connectivity index (χ4n) is 6.60.